The second-order valence-electron chi connectivity index (χ2n) is 3.83. The number of anilines is 1. The summed E-state index contributed by atoms with van der Waals surface area (Å²) in [4.78, 5) is 23.3. The zero-order valence-electron chi connectivity index (χ0n) is 9.97. The third-order valence-corrected chi connectivity index (χ3v) is 4.65. The average Bonchev–Trinajstić information content (AvgIpc) is 2.31. The zero-order valence-corrected chi connectivity index (χ0v) is 10.9. The lowest BCUT2D eigenvalue weighted by molar-refractivity contribution is -0.117. The molecule has 1 aromatic rings. The maximum atomic E-state index is 12.1. The maximum Gasteiger partial charge on any atom is 0.261 e. The van der Waals surface area contributed by atoms with E-state index >= 15 is 0 Å². The van der Waals surface area contributed by atoms with Gasteiger partial charge < -0.3 is 9.76 Å². The third-order valence-electron chi connectivity index (χ3n) is 2.60. The van der Waals surface area contributed by atoms with Crippen LogP contribution in [-0.2, 0) is 4.79 Å². The van der Waals surface area contributed by atoms with Crippen LogP contribution in [0, 0.1) is 0 Å². The Morgan fingerprint density at radius 1 is 1.24 bits per heavy atom. The van der Waals surface area contributed by atoms with Crippen LogP contribution in [0.1, 0.15) is 17.3 Å². The minimum absolute atomic E-state index is 0.0569. The summed E-state index contributed by atoms with van der Waals surface area (Å²) in [6.45, 7) is 1.45. The van der Waals surface area contributed by atoms with Crippen LogP contribution in [0.2, 0.25) is 0 Å². The lowest BCUT2D eigenvalue weighted by atomic mass is 10.1. The Morgan fingerprint density at radius 3 is 2.53 bits per heavy atom. The Labute approximate surface area is 101 Å². The molecule has 0 aliphatic carbocycles. The van der Waals surface area contributed by atoms with E-state index in [1.54, 1.807) is 17.8 Å². The average molecular weight is 251 g/mol. The molecule has 1 heterocycles. The van der Waals surface area contributed by atoms with Crippen molar-refractivity contribution in [2.75, 3.05) is 18.8 Å². The number of fused-ring (bicyclic) bond motifs is 1. The summed E-state index contributed by atoms with van der Waals surface area (Å²) in [6.07, 6.45) is 0. The van der Waals surface area contributed by atoms with E-state index in [1.807, 2.05) is 29.9 Å². The molecule has 1 aliphatic heterocycles. The largest absolute Gasteiger partial charge is 0.319 e. The highest BCUT2D eigenvalue weighted by atomic mass is 31.1. The molecule has 1 aliphatic rings. The summed E-state index contributed by atoms with van der Waals surface area (Å²) in [5.41, 5.74) is 1.53. The predicted molar refractivity (Wildman–Crippen MR) is 67.7 cm³/mol. The number of carbonyl (C=O) groups is 2. The van der Waals surface area contributed by atoms with Crippen LogP contribution in [0.15, 0.2) is 24.3 Å². The number of carbonyl (C=O) groups excluding carboxylic acids is 2. The van der Waals surface area contributed by atoms with Crippen LogP contribution in [0.4, 0.5) is 5.69 Å². The Hall–Kier alpha value is -1.61. The van der Waals surface area contributed by atoms with Crippen LogP contribution >= 0.6 is 8.37 Å². The van der Waals surface area contributed by atoms with Crippen molar-refractivity contribution in [1.82, 2.24) is 9.76 Å². The van der Waals surface area contributed by atoms with Gasteiger partial charge in [0.1, 0.15) is 0 Å². The summed E-state index contributed by atoms with van der Waals surface area (Å²) in [6, 6.07) is 7.40. The molecule has 6 heteroatoms. The fourth-order valence-corrected chi connectivity index (χ4v) is 3.43. The number of rotatable bonds is 1. The number of benzene rings is 1. The van der Waals surface area contributed by atoms with Gasteiger partial charge in [0.15, 0.2) is 0 Å². The lowest BCUT2D eigenvalue weighted by Crippen LogP contribution is -2.40. The number of hydrogen-bond acceptors (Lipinski definition) is 3. The Kier molecular flexibility index (Phi) is 3.03. The predicted octanol–water partition coefficient (Wildman–Crippen LogP) is 1.57. The minimum atomic E-state index is -1.14. The maximum absolute atomic E-state index is 12.1. The van der Waals surface area contributed by atoms with Gasteiger partial charge in [0.25, 0.3) is 5.91 Å². The third kappa shape index (κ3) is 1.98. The molecule has 1 atom stereocenters. The molecular formula is C11H14N3O2P. The molecule has 2 rings (SSSR count). The standard InChI is InChI=1S/C11H14N3O2P/c1-8(15)12-17-13(2)10-7-5-4-6-9(10)11(16)14(17)3/h4-7H,1-3H3,(H,12,15). The second kappa shape index (κ2) is 4.34. The van der Waals surface area contributed by atoms with Crippen molar-refractivity contribution in [3.05, 3.63) is 29.8 Å². The molecular weight excluding hydrogens is 237 g/mol. The van der Waals surface area contributed by atoms with E-state index in [4.69, 9.17) is 0 Å². The highest BCUT2D eigenvalue weighted by Gasteiger charge is 2.34. The van der Waals surface area contributed by atoms with Crippen molar-refractivity contribution in [1.29, 1.82) is 0 Å². The molecule has 1 aromatic carbocycles. The van der Waals surface area contributed by atoms with Crippen molar-refractivity contribution in [3.8, 4) is 0 Å². The van der Waals surface area contributed by atoms with Crippen LogP contribution in [0.25, 0.3) is 0 Å². The van der Waals surface area contributed by atoms with Crippen LogP contribution in [0.3, 0.4) is 0 Å². The number of amides is 2. The summed E-state index contributed by atoms with van der Waals surface area (Å²) in [5, 5.41) is 2.81. The normalized spacial score (nSPS) is 19.0. The van der Waals surface area contributed by atoms with Gasteiger partial charge in [-0.2, -0.15) is 0 Å². The molecule has 0 saturated heterocycles. The van der Waals surface area contributed by atoms with Gasteiger partial charge in [0, 0.05) is 21.0 Å². The quantitative estimate of drug-likeness (QED) is 0.771. The number of nitrogens with one attached hydrogen (secondary N) is 1. The van der Waals surface area contributed by atoms with Gasteiger partial charge in [-0.1, -0.05) is 12.1 Å². The highest BCUT2D eigenvalue weighted by molar-refractivity contribution is 7.56. The number of para-hydroxylation sites is 1. The van der Waals surface area contributed by atoms with Crippen molar-refractivity contribution < 1.29 is 9.59 Å². The molecule has 5 nitrogen and oxygen atoms in total. The molecule has 0 spiro atoms. The first-order valence-electron chi connectivity index (χ1n) is 5.20. The van der Waals surface area contributed by atoms with E-state index < -0.39 is 8.37 Å². The van der Waals surface area contributed by atoms with Crippen LogP contribution < -0.4 is 9.76 Å². The van der Waals surface area contributed by atoms with E-state index in [0.29, 0.717) is 5.56 Å². The van der Waals surface area contributed by atoms with Gasteiger partial charge >= 0.3 is 0 Å². The fourth-order valence-electron chi connectivity index (χ4n) is 1.79. The van der Waals surface area contributed by atoms with E-state index in [-0.39, 0.29) is 11.8 Å². The van der Waals surface area contributed by atoms with Gasteiger partial charge in [-0.15, -0.1) is 0 Å². The summed E-state index contributed by atoms with van der Waals surface area (Å²) in [5.74, 6) is -0.194. The van der Waals surface area contributed by atoms with Crippen molar-refractivity contribution in [2.45, 2.75) is 6.92 Å². The molecule has 90 valence electrons. The second-order valence-corrected chi connectivity index (χ2v) is 5.83. The summed E-state index contributed by atoms with van der Waals surface area (Å²) >= 11 is 0. The van der Waals surface area contributed by atoms with Gasteiger partial charge in [0.2, 0.25) is 14.3 Å². The smallest absolute Gasteiger partial charge is 0.261 e. The minimum Gasteiger partial charge on any atom is -0.319 e. The van der Waals surface area contributed by atoms with Crippen molar-refractivity contribution in [2.24, 2.45) is 0 Å². The Morgan fingerprint density at radius 2 is 1.88 bits per heavy atom. The molecule has 0 fully saturated rings. The van der Waals surface area contributed by atoms with Gasteiger partial charge in [-0.3, -0.25) is 14.3 Å². The molecule has 2 amide bonds. The van der Waals surface area contributed by atoms with E-state index in [1.165, 1.54) is 6.92 Å². The van der Waals surface area contributed by atoms with Crippen LogP contribution in [-0.4, -0.2) is 30.6 Å². The van der Waals surface area contributed by atoms with E-state index in [9.17, 15) is 9.59 Å². The monoisotopic (exact) mass is 251 g/mol. The first-order chi connectivity index (χ1) is 8.02. The Bertz CT molecular complexity index is 478. The molecule has 1 N–H and O–H groups in total. The molecule has 0 saturated carbocycles. The summed E-state index contributed by atoms with van der Waals surface area (Å²) in [7, 11) is 2.44. The topological polar surface area (TPSA) is 52.7 Å². The zero-order chi connectivity index (χ0) is 12.6. The van der Waals surface area contributed by atoms with Gasteiger partial charge in [-0.25, -0.2) is 0 Å². The van der Waals surface area contributed by atoms with E-state index in [0.717, 1.165) is 5.69 Å². The SMILES string of the molecule is CC(=O)NP1N(C)C(=O)c2ccccc2N1C. The van der Waals surface area contributed by atoms with Crippen LogP contribution in [0.5, 0.6) is 0 Å². The number of nitrogens with zero attached hydrogens (tertiary/aromatic N) is 2. The first-order valence-corrected chi connectivity index (χ1v) is 6.45. The van der Waals surface area contributed by atoms with Gasteiger partial charge in [0.05, 0.1) is 11.3 Å². The Balaban J connectivity index is 2.43. The lowest BCUT2D eigenvalue weighted by Gasteiger charge is -2.40. The molecule has 0 bridgehead atoms. The first kappa shape index (κ1) is 11.9. The molecule has 1 unspecified atom stereocenters. The fraction of sp³-hybridized carbons (Fsp3) is 0.273. The highest BCUT2D eigenvalue weighted by Crippen LogP contribution is 2.47. The summed E-state index contributed by atoms with van der Waals surface area (Å²) < 4.78 is 3.52. The molecule has 17 heavy (non-hydrogen) atoms. The van der Waals surface area contributed by atoms with E-state index in [2.05, 4.69) is 5.09 Å². The number of hydrogen-bond donors (Lipinski definition) is 1. The van der Waals surface area contributed by atoms with Crippen molar-refractivity contribution >= 4 is 25.9 Å². The molecule has 0 radical (unpaired) electrons. The molecule has 0 aromatic heterocycles. The van der Waals surface area contributed by atoms with Gasteiger partial charge in [-0.05, 0) is 12.1 Å². The van der Waals surface area contributed by atoms with Crippen molar-refractivity contribution in [3.63, 3.8) is 0 Å².